The van der Waals surface area contributed by atoms with Crippen molar-refractivity contribution in [3.8, 4) is 11.5 Å². The van der Waals surface area contributed by atoms with Crippen LogP contribution in [0.5, 0.6) is 11.5 Å². The van der Waals surface area contributed by atoms with Gasteiger partial charge in [-0.3, -0.25) is 14.6 Å². The quantitative estimate of drug-likeness (QED) is 0.199. The number of benzene rings is 2. The van der Waals surface area contributed by atoms with Crippen LogP contribution < -0.4 is 9.47 Å². The Balaban J connectivity index is 1.59. The number of ketones is 1. The SMILES string of the molecule is CCCCOc1cccc([C@@H]2/C(=C(\O)c3ccc4c(c3)C[C@@H](C)O4)C(=O)C(=O)N2Cc2cccnc2)c1. The van der Waals surface area contributed by atoms with Crippen LogP contribution in [0.1, 0.15) is 55.0 Å². The van der Waals surface area contributed by atoms with Crippen LogP contribution in [0.3, 0.4) is 0 Å². The number of aliphatic hydroxyl groups excluding tert-OH is 1. The summed E-state index contributed by atoms with van der Waals surface area (Å²) in [6.07, 6.45) is 6.02. The van der Waals surface area contributed by atoms with Crippen LogP contribution in [-0.2, 0) is 22.6 Å². The molecule has 0 saturated carbocycles. The molecule has 1 aromatic heterocycles. The van der Waals surface area contributed by atoms with Crippen molar-refractivity contribution < 1.29 is 24.2 Å². The lowest BCUT2D eigenvalue weighted by Gasteiger charge is -2.25. The molecule has 0 bridgehead atoms. The molecule has 0 spiro atoms. The lowest BCUT2D eigenvalue weighted by Crippen LogP contribution is -2.29. The fraction of sp³-hybridized carbons (Fsp3) is 0.300. The molecule has 37 heavy (non-hydrogen) atoms. The number of carbonyl (C=O) groups is 2. The topological polar surface area (TPSA) is 89.0 Å². The highest BCUT2D eigenvalue weighted by molar-refractivity contribution is 6.46. The van der Waals surface area contributed by atoms with Gasteiger partial charge in [0.1, 0.15) is 23.4 Å². The number of rotatable bonds is 8. The number of aromatic nitrogens is 1. The molecule has 1 saturated heterocycles. The molecule has 190 valence electrons. The van der Waals surface area contributed by atoms with Crippen LogP contribution in [-0.4, -0.2) is 39.4 Å². The monoisotopic (exact) mass is 498 g/mol. The minimum Gasteiger partial charge on any atom is -0.507 e. The maximum absolute atomic E-state index is 13.4. The predicted molar refractivity (Wildman–Crippen MR) is 139 cm³/mol. The third kappa shape index (κ3) is 4.94. The maximum Gasteiger partial charge on any atom is 0.295 e. The van der Waals surface area contributed by atoms with E-state index in [1.807, 2.05) is 43.3 Å². The van der Waals surface area contributed by atoms with Crippen LogP contribution in [0, 0.1) is 0 Å². The van der Waals surface area contributed by atoms with Crippen LogP contribution in [0.15, 0.2) is 72.6 Å². The van der Waals surface area contributed by atoms with Gasteiger partial charge in [-0.2, -0.15) is 0 Å². The van der Waals surface area contributed by atoms with Gasteiger partial charge in [-0.05, 0) is 66.4 Å². The van der Waals surface area contributed by atoms with E-state index in [4.69, 9.17) is 9.47 Å². The Morgan fingerprint density at radius 1 is 1.16 bits per heavy atom. The van der Waals surface area contributed by atoms with Gasteiger partial charge in [0.15, 0.2) is 0 Å². The number of carbonyl (C=O) groups excluding carboxylic acids is 2. The third-order valence-corrected chi connectivity index (χ3v) is 6.73. The molecule has 1 fully saturated rings. The first-order valence-electron chi connectivity index (χ1n) is 12.7. The number of nitrogens with zero attached hydrogens (tertiary/aromatic N) is 2. The number of pyridine rings is 1. The molecule has 0 radical (unpaired) electrons. The predicted octanol–water partition coefficient (Wildman–Crippen LogP) is 5.21. The van der Waals surface area contributed by atoms with E-state index >= 15 is 0 Å². The summed E-state index contributed by atoms with van der Waals surface area (Å²) >= 11 is 0. The zero-order valence-corrected chi connectivity index (χ0v) is 21.0. The highest BCUT2D eigenvalue weighted by Crippen LogP contribution is 2.42. The molecule has 3 heterocycles. The number of hydrogen-bond acceptors (Lipinski definition) is 6. The molecular formula is C30H30N2O5. The molecule has 2 aliphatic rings. The second-order valence-corrected chi connectivity index (χ2v) is 9.52. The Kier molecular flexibility index (Phi) is 6.95. The third-order valence-electron chi connectivity index (χ3n) is 6.73. The number of unbranched alkanes of at least 4 members (excludes halogenated alkanes) is 1. The standard InChI is InChI=1S/C30H30N2O5/c1-3-4-13-36-24-9-5-8-21(16-24)27-26(28(33)22-10-11-25-23(15-22)14-19(2)37-25)29(34)30(35)32(27)18-20-7-6-12-31-17-20/h5-12,15-17,19,27,33H,3-4,13-14,18H2,1-2H3/b28-26+/t19-,27-/m1/s1. The van der Waals surface area contributed by atoms with Gasteiger partial charge in [-0.15, -0.1) is 0 Å². The largest absolute Gasteiger partial charge is 0.507 e. The van der Waals surface area contributed by atoms with E-state index in [0.29, 0.717) is 29.9 Å². The van der Waals surface area contributed by atoms with Crippen molar-refractivity contribution in [2.75, 3.05) is 6.61 Å². The van der Waals surface area contributed by atoms with Gasteiger partial charge in [0, 0.05) is 30.9 Å². The summed E-state index contributed by atoms with van der Waals surface area (Å²) in [6.45, 7) is 4.83. The highest BCUT2D eigenvalue weighted by atomic mass is 16.5. The summed E-state index contributed by atoms with van der Waals surface area (Å²) in [5, 5.41) is 11.5. The van der Waals surface area contributed by atoms with Crippen LogP contribution in [0.4, 0.5) is 0 Å². The maximum atomic E-state index is 13.4. The van der Waals surface area contributed by atoms with Gasteiger partial charge < -0.3 is 19.5 Å². The normalized spacial score (nSPS) is 20.1. The zero-order chi connectivity index (χ0) is 25.9. The van der Waals surface area contributed by atoms with Crippen LogP contribution in [0.2, 0.25) is 0 Å². The second kappa shape index (κ2) is 10.5. The summed E-state index contributed by atoms with van der Waals surface area (Å²) in [4.78, 5) is 32.4. The number of aliphatic hydroxyl groups is 1. The fourth-order valence-electron chi connectivity index (χ4n) is 4.91. The summed E-state index contributed by atoms with van der Waals surface area (Å²) in [7, 11) is 0. The first kappa shape index (κ1) is 24.6. The second-order valence-electron chi connectivity index (χ2n) is 9.52. The summed E-state index contributed by atoms with van der Waals surface area (Å²) in [5.74, 6) is -0.146. The lowest BCUT2D eigenvalue weighted by atomic mass is 9.94. The summed E-state index contributed by atoms with van der Waals surface area (Å²) in [6, 6.07) is 15.6. The van der Waals surface area contributed by atoms with Gasteiger partial charge in [0.2, 0.25) is 0 Å². The lowest BCUT2D eigenvalue weighted by molar-refractivity contribution is -0.140. The van der Waals surface area contributed by atoms with Crippen molar-refractivity contribution in [3.05, 3.63) is 94.8 Å². The molecule has 7 heteroatoms. The highest BCUT2D eigenvalue weighted by Gasteiger charge is 2.46. The Labute approximate surface area is 216 Å². The first-order valence-corrected chi connectivity index (χ1v) is 12.7. The van der Waals surface area contributed by atoms with E-state index in [2.05, 4.69) is 11.9 Å². The summed E-state index contributed by atoms with van der Waals surface area (Å²) < 4.78 is 11.7. The van der Waals surface area contributed by atoms with Crippen LogP contribution >= 0.6 is 0 Å². The Morgan fingerprint density at radius 2 is 2.03 bits per heavy atom. The van der Waals surface area contributed by atoms with E-state index in [0.717, 1.165) is 29.7 Å². The number of ether oxygens (including phenoxy) is 2. The van der Waals surface area contributed by atoms with E-state index in [-0.39, 0.29) is 24.0 Å². The van der Waals surface area contributed by atoms with Gasteiger partial charge in [-0.1, -0.05) is 31.5 Å². The molecule has 2 aromatic carbocycles. The number of likely N-dealkylation sites (tertiary alicyclic amines) is 1. The Hall–Kier alpha value is -4.13. The zero-order valence-electron chi connectivity index (χ0n) is 21.0. The molecule has 2 aliphatic heterocycles. The fourth-order valence-corrected chi connectivity index (χ4v) is 4.91. The number of Topliss-reactive ketones (excluding diaryl/α,β-unsaturated/α-hetero) is 1. The van der Waals surface area contributed by atoms with Gasteiger partial charge in [0.05, 0.1) is 18.2 Å². The molecule has 0 unspecified atom stereocenters. The number of hydrogen-bond donors (Lipinski definition) is 1. The number of amides is 1. The van der Waals surface area contributed by atoms with E-state index in [1.165, 1.54) is 4.90 Å². The average Bonchev–Trinajstić information content (AvgIpc) is 3.40. The van der Waals surface area contributed by atoms with Crippen molar-refractivity contribution in [1.29, 1.82) is 0 Å². The van der Waals surface area contributed by atoms with Crippen LogP contribution in [0.25, 0.3) is 5.76 Å². The molecule has 1 amide bonds. The van der Waals surface area contributed by atoms with E-state index in [9.17, 15) is 14.7 Å². The molecular weight excluding hydrogens is 468 g/mol. The van der Waals surface area contributed by atoms with Gasteiger partial charge in [0.25, 0.3) is 11.7 Å². The Bertz CT molecular complexity index is 1350. The molecule has 3 aromatic rings. The minimum atomic E-state index is -0.779. The molecule has 1 N–H and O–H groups in total. The van der Waals surface area contributed by atoms with Crippen molar-refractivity contribution >= 4 is 17.4 Å². The number of fused-ring (bicyclic) bond motifs is 1. The van der Waals surface area contributed by atoms with Gasteiger partial charge >= 0.3 is 0 Å². The first-order chi connectivity index (χ1) is 18.0. The van der Waals surface area contributed by atoms with E-state index < -0.39 is 17.7 Å². The smallest absolute Gasteiger partial charge is 0.295 e. The minimum absolute atomic E-state index is 0.0490. The summed E-state index contributed by atoms with van der Waals surface area (Å²) in [5.41, 5.74) is 2.98. The van der Waals surface area contributed by atoms with Gasteiger partial charge in [-0.25, -0.2) is 0 Å². The average molecular weight is 499 g/mol. The molecule has 0 aliphatic carbocycles. The van der Waals surface area contributed by atoms with Crippen molar-refractivity contribution in [2.24, 2.45) is 0 Å². The van der Waals surface area contributed by atoms with Crippen molar-refractivity contribution in [1.82, 2.24) is 9.88 Å². The van der Waals surface area contributed by atoms with E-state index in [1.54, 1.807) is 30.6 Å². The Morgan fingerprint density at radius 3 is 2.81 bits per heavy atom. The van der Waals surface area contributed by atoms with Crippen molar-refractivity contribution in [2.45, 2.75) is 51.8 Å². The molecule has 5 rings (SSSR count). The van der Waals surface area contributed by atoms with Crippen molar-refractivity contribution in [3.63, 3.8) is 0 Å². The molecule has 2 atom stereocenters. The molecule has 7 nitrogen and oxygen atoms in total.